The summed E-state index contributed by atoms with van der Waals surface area (Å²) >= 11 is 0. The topological polar surface area (TPSA) is 92.7 Å². The van der Waals surface area contributed by atoms with E-state index in [-0.39, 0.29) is 16.7 Å². The van der Waals surface area contributed by atoms with E-state index < -0.39 is 27.4 Å². The van der Waals surface area contributed by atoms with Crippen LogP contribution in [0, 0.1) is 5.82 Å². The quantitative estimate of drug-likeness (QED) is 0.832. The van der Waals surface area contributed by atoms with Crippen LogP contribution in [0.2, 0.25) is 0 Å². The van der Waals surface area contributed by atoms with E-state index in [1.807, 2.05) is 13.8 Å². The number of sulfonamides is 1. The summed E-state index contributed by atoms with van der Waals surface area (Å²) in [5.41, 5.74) is -0.439. The molecule has 0 bridgehead atoms. The van der Waals surface area contributed by atoms with Crippen LogP contribution < -0.4 is 9.46 Å². The monoisotopic (exact) mass is 353 g/mol. The van der Waals surface area contributed by atoms with E-state index in [0.29, 0.717) is 5.75 Å². The van der Waals surface area contributed by atoms with Crippen LogP contribution in [0.25, 0.3) is 0 Å². The summed E-state index contributed by atoms with van der Waals surface area (Å²) in [7, 11) is -4.04. The van der Waals surface area contributed by atoms with Gasteiger partial charge in [-0.25, -0.2) is 17.6 Å². The molecule has 6 nitrogen and oxygen atoms in total. The highest BCUT2D eigenvalue weighted by Crippen LogP contribution is 2.21. The fourth-order valence-corrected chi connectivity index (χ4v) is 3.01. The van der Waals surface area contributed by atoms with Crippen molar-refractivity contribution in [2.24, 2.45) is 0 Å². The van der Waals surface area contributed by atoms with Gasteiger partial charge in [0.05, 0.1) is 16.6 Å². The molecule has 2 aromatic carbocycles. The number of halogens is 1. The number of carbonyl (C=O) groups is 1. The third kappa shape index (κ3) is 4.23. The van der Waals surface area contributed by atoms with Gasteiger partial charge in [-0.3, -0.25) is 4.72 Å². The van der Waals surface area contributed by atoms with Crippen LogP contribution in [0.15, 0.2) is 47.4 Å². The summed E-state index contributed by atoms with van der Waals surface area (Å²) < 4.78 is 45.7. The van der Waals surface area contributed by atoms with E-state index in [4.69, 9.17) is 9.84 Å². The van der Waals surface area contributed by atoms with Crippen molar-refractivity contribution in [3.8, 4) is 5.75 Å². The second kappa shape index (κ2) is 6.88. The highest BCUT2D eigenvalue weighted by atomic mass is 32.2. The first-order valence-electron chi connectivity index (χ1n) is 7.01. The van der Waals surface area contributed by atoms with Gasteiger partial charge in [0.2, 0.25) is 0 Å². The highest BCUT2D eigenvalue weighted by molar-refractivity contribution is 7.92. The van der Waals surface area contributed by atoms with Gasteiger partial charge in [0.1, 0.15) is 11.6 Å². The van der Waals surface area contributed by atoms with E-state index in [0.717, 1.165) is 18.2 Å². The molecule has 0 aliphatic rings. The minimum absolute atomic E-state index is 0.0128. The fraction of sp³-hybridized carbons (Fsp3) is 0.188. The molecule has 0 heterocycles. The van der Waals surface area contributed by atoms with Gasteiger partial charge in [-0.15, -0.1) is 0 Å². The zero-order valence-electron chi connectivity index (χ0n) is 13.0. The molecule has 2 rings (SSSR count). The molecule has 0 aliphatic carbocycles. The predicted octanol–water partition coefficient (Wildman–Crippen LogP) is 3.11. The van der Waals surface area contributed by atoms with Crippen molar-refractivity contribution in [1.82, 2.24) is 0 Å². The molecule has 24 heavy (non-hydrogen) atoms. The van der Waals surface area contributed by atoms with Crippen LogP contribution in [0.1, 0.15) is 24.2 Å². The third-order valence-corrected chi connectivity index (χ3v) is 4.34. The largest absolute Gasteiger partial charge is 0.491 e. The zero-order chi connectivity index (χ0) is 17.9. The molecule has 0 amide bonds. The van der Waals surface area contributed by atoms with Gasteiger partial charge in [-0.2, -0.15) is 0 Å². The number of anilines is 1. The maximum atomic E-state index is 13.4. The average molecular weight is 353 g/mol. The Kier molecular flexibility index (Phi) is 5.08. The molecule has 0 fully saturated rings. The lowest BCUT2D eigenvalue weighted by Gasteiger charge is -2.12. The number of carboxylic acids is 1. The van der Waals surface area contributed by atoms with E-state index in [1.54, 1.807) is 12.1 Å². The molecule has 0 unspecified atom stereocenters. The van der Waals surface area contributed by atoms with Crippen molar-refractivity contribution < 1.29 is 27.4 Å². The van der Waals surface area contributed by atoms with Crippen molar-refractivity contribution >= 4 is 21.7 Å². The van der Waals surface area contributed by atoms with Gasteiger partial charge in [-0.1, -0.05) is 0 Å². The molecule has 8 heteroatoms. The molecule has 0 aromatic heterocycles. The first kappa shape index (κ1) is 17.7. The number of rotatable bonds is 6. The first-order chi connectivity index (χ1) is 11.2. The Bertz CT molecular complexity index is 847. The van der Waals surface area contributed by atoms with Crippen molar-refractivity contribution in [3.05, 3.63) is 53.8 Å². The van der Waals surface area contributed by atoms with Crippen molar-refractivity contribution in [1.29, 1.82) is 0 Å². The highest BCUT2D eigenvalue weighted by Gasteiger charge is 2.19. The molecular weight excluding hydrogens is 337 g/mol. The summed E-state index contributed by atoms with van der Waals surface area (Å²) in [4.78, 5) is 10.6. The first-order valence-corrected chi connectivity index (χ1v) is 8.50. The molecule has 0 saturated carbocycles. The minimum Gasteiger partial charge on any atom is -0.491 e. The second-order valence-corrected chi connectivity index (χ2v) is 6.93. The normalized spacial score (nSPS) is 11.3. The molecular formula is C16H16FNO5S. The average Bonchev–Trinajstić information content (AvgIpc) is 2.48. The lowest BCUT2D eigenvalue weighted by Crippen LogP contribution is -2.14. The Morgan fingerprint density at radius 2 is 1.79 bits per heavy atom. The Morgan fingerprint density at radius 1 is 1.17 bits per heavy atom. The Labute approximate surface area is 138 Å². The second-order valence-electron chi connectivity index (χ2n) is 5.24. The fourth-order valence-electron chi connectivity index (χ4n) is 1.92. The predicted molar refractivity (Wildman–Crippen MR) is 86.4 cm³/mol. The molecule has 0 radical (unpaired) electrons. The van der Waals surface area contributed by atoms with Gasteiger partial charge in [0.15, 0.2) is 0 Å². The van der Waals surface area contributed by atoms with E-state index in [9.17, 15) is 17.6 Å². The minimum atomic E-state index is -4.04. The van der Waals surface area contributed by atoms with Gasteiger partial charge >= 0.3 is 5.97 Å². The molecule has 2 N–H and O–H groups in total. The summed E-state index contributed by atoms with van der Waals surface area (Å²) in [6.07, 6.45) is -0.0128. The van der Waals surface area contributed by atoms with Gasteiger partial charge < -0.3 is 9.84 Å². The Morgan fingerprint density at radius 3 is 2.33 bits per heavy atom. The van der Waals surface area contributed by atoms with Gasteiger partial charge in [0.25, 0.3) is 10.0 Å². The van der Waals surface area contributed by atoms with Crippen LogP contribution in [-0.4, -0.2) is 25.6 Å². The summed E-state index contributed by atoms with van der Waals surface area (Å²) in [6, 6.07) is 8.80. The molecule has 0 spiro atoms. The van der Waals surface area contributed by atoms with Crippen LogP contribution in [0.5, 0.6) is 5.75 Å². The van der Waals surface area contributed by atoms with E-state index in [1.165, 1.54) is 12.1 Å². The smallest absolute Gasteiger partial charge is 0.338 e. The van der Waals surface area contributed by atoms with Gasteiger partial charge in [0, 0.05) is 5.69 Å². The lowest BCUT2D eigenvalue weighted by atomic mass is 10.2. The van der Waals surface area contributed by atoms with Crippen LogP contribution in [0.3, 0.4) is 0 Å². The number of hydrogen-bond acceptors (Lipinski definition) is 4. The zero-order valence-corrected chi connectivity index (χ0v) is 13.8. The number of carboxylic acid groups (broad SMARTS) is 1. The molecule has 2 aromatic rings. The van der Waals surface area contributed by atoms with Crippen molar-refractivity contribution in [2.45, 2.75) is 24.8 Å². The van der Waals surface area contributed by atoms with Crippen LogP contribution in [-0.2, 0) is 10.0 Å². The Hall–Kier alpha value is -2.61. The van der Waals surface area contributed by atoms with Gasteiger partial charge in [-0.05, 0) is 56.3 Å². The summed E-state index contributed by atoms with van der Waals surface area (Å²) in [6.45, 7) is 3.73. The van der Waals surface area contributed by atoms with Crippen LogP contribution >= 0.6 is 0 Å². The van der Waals surface area contributed by atoms with Crippen LogP contribution in [0.4, 0.5) is 10.1 Å². The standard InChI is InChI=1S/C16H16FNO5S/c1-10(2)23-12-5-3-11(4-6-12)18-24(21,22)13-7-8-15(17)14(9-13)16(19)20/h3-10,18H,1-2H3,(H,19,20). The van der Waals surface area contributed by atoms with Crippen molar-refractivity contribution in [3.63, 3.8) is 0 Å². The maximum absolute atomic E-state index is 13.4. The summed E-state index contributed by atoms with van der Waals surface area (Å²) in [5, 5.41) is 8.88. The SMILES string of the molecule is CC(C)Oc1ccc(NS(=O)(=O)c2ccc(F)c(C(=O)O)c2)cc1. The third-order valence-electron chi connectivity index (χ3n) is 2.96. The number of hydrogen-bond donors (Lipinski definition) is 2. The number of benzene rings is 2. The van der Waals surface area contributed by atoms with E-state index >= 15 is 0 Å². The lowest BCUT2D eigenvalue weighted by molar-refractivity contribution is 0.0691. The molecule has 0 atom stereocenters. The number of ether oxygens (including phenoxy) is 1. The Balaban J connectivity index is 2.25. The van der Waals surface area contributed by atoms with E-state index in [2.05, 4.69) is 4.72 Å². The molecule has 0 aliphatic heterocycles. The maximum Gasteiger partial charge on any atom is 0.338 e. The van der Waals surface area contributed by atoms with Crippen molar-refractivity contribution in [2.75, 3.05) is 4.72 Å². The number of aromatic carboxylic acids is 1. The molecule has 0 saturated heterocycles. The summed E-state index contributed by atoms with van der Waals surface area (Å²) in [5.74, 6) is -1.96. The number of nitrogens with one attached hydrogen (secondary N) is 1. The molecule has 128 valence electrons.